The lowest BCUT2D eigenvalue weighted by molar-refractivity contribution is -0.165. The topological polar surface area (TPSA) is 85.2 Å². The average molecular weight is 292 g/mol. The highest BCUT2D eigenvalue weighted by molar-refractivity contribution is 5.77. The molecule has 2 unspecified atom stereocenters. The standard InChI is InChI=1S/C15H20N2O4/c1-2-21-14(20)15-5-3-12(16-9-18)7-11(15)8-13(4-6-15)17-10-19/h11-13H,2-8H2,1H3/t11?,12-,13+,15?. The van der Waals surface area contributed by atoms with Gasteiger partial charge in [-0.05, 0) is 51.4 Å². The van der Waals surface area contributed by atoms with Gasteiger partial charge in [0, 0.05) is 0 Å². The Balaban J connectivity index is 2.22. The lowest BCUT2D eigenvalue weighted by Crippen LogP contribution is -2.49. The molecule has 0 spiro atoms. The maximum atomic E-state index is 12.4. The summed E-state index contributed by atoms with van der Waals surface area (Å²) in [5.74, 6) is -0.111. The van der Waals surface area contributed by atoms with Crippen molar-refractivity contribution in [2.45, 2.75) is 57.5 Å². The van der Waals surface area contributed by atoms with Gasteiger partial charge in [-0.15, -0.1) is 0 Å². The smallest absolute Gasteiger partial charge is 0.312 e. The van der Waals surface area contributed by atoms with Gasteiger partial charge in [-0.2, -0.15) is 0 Å². The molecule has 2 aliphatic carbocycles. The van der Waals surface area contributed by atoms with Crippen molar-refractivity contribution in [3.8, 4) is 0 Å². The van der Waals surface area contributed by atoms with Gasteiger partial charge in [-0.1, -0.05) is 0 Å². The zero-order valence-electron chi connectivity index (χ0n) is 12.2. The summed E-state index contributed by atoms with van der Waals surface area (Å²) in [7, 11) is 0. The minimum atomic E-state index is -0.500. The van der Waals surface area contributed by atoms with Crippen molar-refractivity contribution >= 4 is 18.1 Å². The number of fused-ring (bicyclic) bond motifs is 1. The van der Waals surface area contributed by atoms with Gasteiger partial charge in [0.15, 0.2) is 0 Å². The molecule has 6 nitrogen and oxygen atoms in total. The third-order valence-corrected chi connectivity index (χ3v) is 4.89. The molecule has 0 aromatic carbocycles. The molecule has 2 aliphatic rings. The number of aliphatic imine (C=N–C) groups is 2. The molecule has 114 valence electrons. The fraction of sp³-hybridized carbons (Fsp3) is 0.800. The van der Waals surface area contributed by atoms with E-state index >= 15 is 0 Å². The summed E-state index contributed by atoms with van der Waals surface area (Å²) in [5, 5.41) is 0. The Bertz CT molecular complexity index is 460. The van der Waals surface area contributed by atoms with Crippen LogP contribution in [0.1, 0.15) is 45.4 Å². The second kappa shape index (κ2) is 6.79. The predicted molar refractivity (Wildman–Crippen MR) is 74.1 cm³/mol. The Morgan fingerprint density at radius 2 is 1.67 bits per heavy atom. The minimum Gasteiger partial charge on any atom is -0.466 e. The van der Waals surface area contributed by atoms with Crippen molar-refractivity contribution in [1.82, 2.24) is 0 Å². The van der Waals surface area contributed by atoms with Gasteiger partial charge in [0.25, 0.3) is 0 Å². The van der Waals surface area contributed by atoms with E-state index in [2.05, 4.69) is 9.98 Å². The fourth-order valence-electron chi connectivity index (χ4n) is 3.85. The molecule has 0 N–H and O–H groups in total. The van der Waals surface area contributed by atoms with Crippen LogP contribution in [-0.2, 0) is 19.1 Å². The first-order valence-corrected chi connectivity index (χ1v) is 7.47. The number of esters is 1. The second-order valence-corrected chi connectivity index (χ2v) is 5.87. The molecule has 0 aliphatic heterocycles. The van der Waals surface area contributed by atoms with Crippen LogP contribution >= 0.6 is 0 Å². The first-order valence-electron chi connectivity index (χ1n) is 7.47. The highest BCUT2D eigenvalue weighted by Crippen LogP contribution is 2.52. The summed E-state index contributed by atoms with van der Waals surface area (Å²) in [5.41, 5.74) is -0.500. The maximum absolute atomic E-state index is 12.4. The molecular formula is C15H20N2O4. The van der Waals surface area contributed by atoms with E-state index < -0.39 is 5.41 Å². The average Bonchev–Trinajstić information content (AvgIpc) is 2.48. The largest absolute Gasteiger partial charge is 0.466 e. The molecule has 4 atom stereocenters. The highest BCUT2D eigenvalue weighted by Gasteiger charge is 2.52. The SMILES string of the molecule is CCOC(=O)C12CC[C@@H](N=C=O)CC1C[C@@H](N=C=O)CC2. The zero-order chi connectivity index (χ0) is 15.3. The van der Waals surface area contributed by atoms with Crippen LogP contribution in [0.2, 0.25) is 0 Å². The summed E-state index contributed by atoms with van der Waals surface area (Å²) in [4.78, 5) is 41.0. The number of rotatable bonds is 4. The Morgan fingerprint density at radius 3 is 2.10 bits per heavy atom. The number of carbonyl (C=O) groups excluding carboxylic acids is 3. The molecule has 21 heavy (non-hydrogen) atoms. The van der Waals surface area contributed by atoms with Crippen molar-refractivity contribution in [3.63, 3.8) is 0 Å². The van der Waals surface area contributed by atoms with E-state index in [1.54, 1.807) is 19.1 Å². The molecule has 0 heterocycles. The van der Waals surface area contributed by atoms with Crippen molar-refractivity contribution in [2.24, 2.45) is 21.3 Å². The Kier molecular flexibility index (Phi) is 5.05. The molecule has 0 bridgehead atoms. The number of hydrogen-bond donors (Lipinski definition) is 0. The van der Waals surface area contributed by atoms with Crippen LogP contribution in [0.15, 0.2) is 9.98 Å². The van der Waals surface area contributed by atoms with Crippen LogP contribution in [-0.4, -0.2) is 36.8 Å². The van der Waals surface area contributed by atoms with Gasteiger partial charge in [0.1, 0.15) is 0 Å². The van der Waals surface area contributed by atoms with Gasteiger partial charge in [0.2, 0.25) is 12.2 Å². The van der Waals surface area contributed by atoms with Gasteiger partial charge in [-0.25, -0.2) is 19.6 Å². The summed E-state index contributed by atoms with van der Waals surface area (Å²) in [6, 6.07) is -0.178. The van der Waals surface area contributed by atoms with Gasteiger partial charge in [0.05, 0.1) is 24.1 Å². The maximum Gasteiger partial charge on any atom is 0.312 e. The Hall–Kier alpha value is -1.77. The highest BCUT2D eigenvalue weighted by atomic mass is 16.5. The minimum absolute atomic E-state index is 0.0447. The molecule has 2 fully saturated rings. The van der Waals surface area contributed by atoms with E-state index in [9.17, 15) is 14.4 Å². The fourth-order valence-corrected chi connectivity index (χ4v) is 3.85. The molecular weight excluding hydrogens is 272 g/mol. The Morgan fingerprint density at radius 1 is 1.14 bits per heavy atom. The predicted octanol–water partition coefficient (Wildman–Crippen LogP) is 1.93. The number of carbonyl (C=O) groups is 1. The van der Waals surface area contributed by atoms with E-state index in [4.69, 9.17) is 4.74 Å². The van der Waals surface area contributed by atoms with Crippen LogP contribution in [0.25, 0.3) is 0 Å². The van der Waals surface area contributed by atoms with Crippen molar-refractivity contribution in [2.75, 3.05) is 6.61 Å². The van der Waals surface area contributed by atoms with Crippen LogP contribution < -0.4 is 0 Å². The lowest BCUT2D eigenvalue weighted by atomic mass is 9.57. The molecule has 0 radical (unpaired) electrons. The quantitative estimate of drug-likeness (QED) is 0.450. The van der Waals surface area contributed by atoms with Crippen molar-refractivity contribution in [1.29, 1.82) is 0 Å². The third kappa shape index (κ3) is 3.12. The molecule has 2 saturated carbocycles. The van der Waals surface area contributed by atoms with Crippen LogP contribution in [0.4, 0.5) is 0 Å². The molecule has 0 aromatic heterocycles. The number of ether oxygens (including phenoxy) is 1. The first-order chi connectivity index (χ1) is 10.2. The van der Waals surface area contributed by atoms with E-state index in [1.165, 1.54) is 0 Å². The van der Waals surface area contributed by atoms with Crippen LogP contribution in [0.3, 0.4) is 0 Å². The zero-order valence-corrected chi connectivity index (χ0v) is 12.2. The first kappa shape index (κ1) is 15.6. The summed E-state index contributed by atoms with van der Waals surface area (Å²) in [6.07, 6.45) is 7.26. The molecule has 0 saturated heterocycles. The number of nitrogens with zero attached hydrogens (tertiary/aromatic N) is 2. The lowest BCUT2D eigenvalue weighted by Gasteiger charge is -2.47. The van der Waals surface area contributed by atoms with E-state index in [1.807, 2.05) is 0 Å². The molecule has 2 rings (SSSR count). The molecule has 0 amide bonds. The summed E-state index contributed by atoms with van der Waals surface area (Å²) < 4.78 is 5.28. The monoisotopic (exact) mass is 292 g/mol. The van der Waals surface area contributed by atoms with E-state index in [-0.39, 0.29) is 24.0 Å². The summed E-state index contributed by atoms with van der Waals surface area (Å²) in [6.45, 7) is 2.16. The second-order valence-electron chi connectivity index (χ2n) is 5.87. The molecule has 0 aromatic rings. The summed E-state index contributed by atoms with van der Waals surface area (Å²) >= 11 is 0. The normalized spacial score (nSPS) is 34.8. The van der Waals surface area contributed by atoms with Crippen molar-refractivity contribution in [3.05, 3.63) is 0 Å². The Labute approximate surface area is 123 Å². The van der Waals surface area contributed by atoms with Crippen LogP contribution in [0.5, 0.6) is 0 Å². The van der Waals surface area contributed by atoms with Gasteiger partial charge < -0.3 is 4.74 Å². The third-order valence-electron chi connectivity index (χ3n) is 4.89. The number of hydrogen-bond acceptors (Lipinski definition) is 6. The van der Waals surface area contributed by atoms with E-state index in [0.29, 0.717) is 45.1 Å². The van der Waals surface area contributed by atoms with Gasteiger partial charge in [-0.3, -0.25) is 4.79 Å². The van der Waals surface area contributed by atoms with Crippen molar-refractivity contribution < 1.29 is 19.1 Å². The van der Waals surface area contributed by atoms with E-state index in [0.717, 1.165) is 0 Å². The molecule has 6 heteroatoms. The van der Waals surface area contributed by atoms with Crippen LogP contribution in [0, 0.1) is 11.3 Å². The number of isocyanates is 2. The van der Waals surface area contributed by atoms with Gasteiger partial charge >= 0.3 is 5.97 Å².